The fraction of sp³-hybridized carbons (Fsp3) is 0.316. The van der Waals surface area contributed by atoms with E-state index in [2.05, 4.69) is 10.3 Å². The van der Waals surface area contributed by atoms with Crippen LogP contribution in [-0.4, -0.2) is 27.7 Å². The first kappa shape index (κ1) is 16.8. The predicted octanol–water partition coefficient (Wildman–Crippen LogP) is 4.58. The number of carbonyl (C=O) groups is 1. The van der Waals surface area contributed by atoms with E-state index < -0.39 is 0 Å². The number of benzene rings is 1. The molecule has 0 aliphatic carbocycles. The van der Waals surface area contributed by atoms with Crippen LogP contribution in [-0.2, 0) is 0 Å². The number of nitrogens with zero attached hydrogens (tertiary/aromatic N) is 3. The van der Waals surface area contributed by atoms with Crippen LogP contribution < -0.4 is 0 Å². The lowest BCUT2D eigenvalue weighted by Crippen LogP contribution is -2.31. The second kappa shape index (κ2) is 6.61. The molecule has 1 aliphatic heterocycles. The highest BCUT2D eigenvalue weighted by Crippen LogP contribution is 2.36. The third-order valence-corrected chi connectivity index (χ3v) is 5.01. The summed E-state index contributed by atoms with van der Waals surface area (Å²) < 4.78 is 10.7. The van der Waals surface area contributed by atoms with Gasteiger partial charge >= 0.3 is 0 Å². The lowest BCUT2D eigenvalue weighted by atomic mass is 10.0. The topological polar surface area (TPSA) is 72.4 Å². The van der Waals surface area contributed by atoms with Crippen LogP contribution in [0.5, 0.6) is 0 Å². The standard InChI is InChI=1S/C19H18ClN3O3/c1-11-18(12(2)25-21-11)16-7-4-8-23(16)19(24)15-10-17(26-22-15)13-5-3-6-14(20)9-13/h3,5-6,9-10,16H,4,7-8H2,1-2H3/t16-/m0/s1. The van der Waals surface area contributed by atoms with Crippen molar-refractivity contribution in [2.24, 2.45) is 0 Å². The molecule has 0 spiro atoms. The maximum absolute atomic E-state index is 13.0. The molecule has 0 unspecified atom stereocenters. The molecule has 0 radical (unpaired) electrons. The Morgan fingerprint density at radius 1 is 1.23 bits per heavy atom. The second-order valence-electron chi connectivity index (χ2n) is 6.48. The quantitative estimate of drug-likeness (QED) is 0.673. The molecule has 1 saturated heterocycles. The van der Waals surface area contributed by atoms with Gasteiger partial charge in [0.25, 0.3) is 5.91 Å². The van der Waals surface area contributed by atoms with Crippen molar-refractivity contribution in [3.63, 3.8) is 0 Å². The summed E-state index contributed by atoms with van der Waals surface area (Å²) >= 11 is 6.02. The van der Waals surface area contributed by atoms with Gasteiger partial charge in [0.15, 0.2) is 11.5 Å². The van der Waals surface area contributed by atoms with Gasteiger partial charge in [-0.25, -0.2) is 0 Å². The summed E-state index contributed by atoms with van der Waals surface area (Å²) in [5, 5.41) is 8.60. The Bertz CT molecular complexity index is 943. The maximum Gasteiger partial charge on any atom is 0.276 e. The van der Waals surface area contributed by atoms with Crippen molar-refractivity contribution in [2.45, 2.75) is 32.7 Å². The molecular weight excluding hydrogens is 354 g/mol. The molecular formula is C19H18ClN3O3. The number of hydrogen-bond acceptors (Lipinski definition) is 5. The number of rotatable bonds is 3. The molecule has 3 heterocycles. The van der Waals surface area contributed by atoms with E-state index in [1.165, 1.54) is 0 Å². The molecule has 134 valence electrons. The van der Waals surface area contributed by atoms with E-state index in [0.29, 0.717) is 23.0 Å². The zero-order valence-corrected chi connectivity index (χ0v) is 15.3. The molecule has 1 aliphatic rings. The largest absolute Gasteiger partial charge is 0.361 e. The van der Waals surface area contributed by atoms with E-state index in [9.17, 15) is 4.79 Å². The van der Waals surface area contributed by atoms with Crippen LogP contribution in [0.15, 0.2) is 39.4 Å². The number of hydrogen-bond donors (Lipinski definition) is 0. The van der Waals surface area contributed by atoms with E-state index in [1.54, 1.807) is 18.2 Å². The highest BCUT2D eigenvalue weighted by Gasteiger charge is 2.35. The monoisotopic (exact) mass is 371 g/mol. The molecule has 6 nitrogen and oxygen atoms in total. The van der Waals surface area contributed by atoms with Gasteiger partial charge in [0, 0.05) is 28.8 Å². The maximum atomic E-state index is 13.0. The summed E-state index contributed by atoms with van der Waals surface area (Å²) in [5.41, 5.74) is 2.90. The molecule has 3 aromatic rings. The summed E-state index contributed by atoms with van der Waals surface area (Å²) in [4.78, 5) is 14.8. The number of likely N-dealkylation sites (tertiary alicyclic amines) is 1. The summed E-state index contributed by atoms with van der Waals surface area (Å²) in [7, 11) is 0. The van der Waals surface area contributed by atoms with Crippen LogP contribution >= 0.6 is 11.6 Å². The Hall–Kier alpha value is -2.60. The third kappa shape index (κ3) is 2.90. The Morgan fingerprint density at radius 3 is 2.81 bits per heavy atom. The lowest BCUT2D eigenvalue weighted by molar-refractivity contribution is 0.0724. The van der Waals surface area contributed by atoms with Crippen molar-refractivity contribution in [2.75, 3.05) is 6.54 Å². The molecule has 7 heteroatoms. The van der Waals surface area contributed by atoms with Crippen LogP contribution in [0.1, 0.15) is 46.4 Å². The Labute approximate surface area is 155 Å². The molecule has 1 atom stereocenters. The number of aryl methyl sites for hydroxylation is 2. The molecule has 1 fully saturated rings. The van der Waals surface area contributed by atoms with Crippen molar-refractivity contribution in [3.05, 3.63) is 58.1 Å². The average Bonchev–Trinajstić information content (AvgIpc) is 3.34. The molecule has 0 saturated carbocycles. The summed E-state index contributed by atoms with van der Waals surface area (Å²) in [6, 6.07) is 8.88. The van der Waals surface area contributed by atoms with Gasteiger partial charge in [0.05, 0.1) is 11.7 Å². The predicted molar refractivity (Wildman–Crippen MR) is 95.9 cm³/mol. The van der Waals surface area contributed by atoms with E-state index in [4.69, 9.17) is 20.6 Å². The van der Waals surface area contributed by atoms with E-state index in [0.717, 1.165) is 35.4 Å². The molecule has 2 aromatic heterocycles. The first-order valence-electron chi connectivity index (χ1n) is 8.51. The first-order chi connectivity index (χ1) is 12.5. The number of aromatic nitrogens is 2. The van der Waals surface area contributed by atoms with Crippen LogP contribution in [0.4, 0.5) is 0 Å². The molecule has 4 rings (SSSR count). The molecule has 1 aromatic carbocycles. The van der Waals surface area contributed by atoms with Crippen LogP contribution in [0, 0.1) is 13.8 Å². The third-order valence-electron chi connectivity index (χ3n) is 4.77. The van der Waals surface area contributed by atoms with Crippen molar-refractivity contribution < 1.29 is 13.8 Å². The van der Waals surface area contributed by atoms with Gasteiger partial charge in [-0.2, -0.15) is 0 Å². The smallest absolute Gasteiger partial charge is 0.276 e. The normalized spacial score (nSPS) is 17.0. The fourth-order valence-electron chi connectivity index (χ4n) is 3.58. The average molecular weight is 372 g/mol. The Balaban J connectivity index is 1.61. The first-order valence-corrected chi connectivity index (χ1v) is 8.89. The zero-order valence-electron chi connectivity index (χ0n) is 14.5. The minimum absolute atomic E-state index is 0.0416. The molecule has 0 N–H and O–H groups in total. The Kier molecular flexibility index (Phi) is 4.28. The van der Waals surface area contributed by atoms with Crippen molar-refractivity contribution in [1.29, 1.82) is 0 Å². The highest BCUT2D eigenvalue weighted by atomic mass is 35.5. The van der Waals surface area contributed by atoms with Gasteiger partial charge in [-0.3, -0.25) is 4.79 Å². The van der Waals surface area contributed by atoms with Gasteiger partial charge in [-0.05, 0) is 38.8 Å². The van der Waals surface area contributed by atoms with E-state index >= 15 is 0 Å². The Morgan fingerprint density at radius 2 is 2.08 bits per heavy atom. The fourth-order valence-corrected chi connectivity index (χ4v) is 3.77. The number of halogens is 1. The zero-order chi connectivity index (χ0) is 18.3. The summed E-state index contributed by atoms with van der Waals surface area (Å²) in [6.45, 7) is 4.46. The number of amides is 1. The minimum Gasteiger partial charge on any atom is -0.361 e. The minimum atomic E-state index is -0.149. The van der Waals surface area contributed by atoms with Crippen LogP contribution in [0.25, 0.3) is 11.3 Å². The van der Waals surface area contributed by atoms with Crippen molar-refractivity contribution >= 4 is 17.5 Å². The van der Waals surface area contributed by atoms with Crippen molar-refractivity contribution in [3.8, 4) is 11.3 Å². The second-order valence-corrected chi connectivity index (χ2v) is 6.92. The molecule has 26 heavy (non-hydrogen) atoms. The van der Waals surface area contributed by atoms with Crippen LogP contribution in [0.2, 0.25) is 5.02 Å². The lowest BCUT2D eigenvalue weighted by Gasteiger charge is -2.23. The van der Waals surface area contributed by atoms with Gasteiger partial charge < -0.3 is 13.9 Å². The van der Waals surface area contributed by atoms with E-state index in [-0.39, 0.29) is 11.9 Å². The summed E-state index contributed by atoms with van der Waals surface area (Å²) in [5.74, 6) is 1.13. The van der Waals surface area contributed by atoms with Gasteiger partial charge in [0.2, 0.25) is 0 Å². The van der Waals surface area contributed by atoms with E-state index in [1.807, 2.05) is 30.9 Å². The van der Waals surface area contributed by atoms with Gasteiger partial charge in [0.1, 0.15) is 5.76 Å². The van der Waals surface area contributed by atoms with Crippen LogP contribution in [0.3, 0.4) is 0 Å². The highest BCUT2D eigenvalue weighted by molar-refractivity contribution is 6.30. The van der Waals surface area contributed by atoms with Crippen molar-refractivity contribution in [1.82, 2.24) is 15.2 Å². The van der Waals surface area contributed by atoms with Gasteiger partial charge in [-0.1, -0.05) is 34.0 Å². The molecule has 0 bridgehead atoms. The van der Waals surface area contributed by atoms with Gasteiger partial charge in [-0.15, -0.1) is 0 Å². The summed E-state index contributed by atoms with van der Waals surface area (Å²) in [6.07, 6.45) is 1.81. The number of carbonyl (C=O) groups excluding carboxylic acids is 1. The SMILES string of the molecule is Cc1noc(C)c1[C@@H]1CCCN1C(=O)c1cc(-c2cccc(Cl)c2)on1. The molecule has 1 amide bonds.